The predicted molar refractivity (Wildman–Crippen MR) is 59.7 cm³/mol. The summed E-state index contributed by atoms with van der Waals surface area (Å²) < 4.78 is 18.7. The molecule has 0 bridgehead atoms. The zero-order valence-corrected chi connectivity index (χ0v) is 9.97. The lowest BCUT2D eigenvalue weighted by atomic mass is 10.1. The molecule has 0 unspecified atom stereocenters. The van der Waals surface area contributed by atoms with Crippen molar-refractivity contribution in [3.05, 3.63) is 21.9 Å². The van der Waals surface area contributed by atoms with Crippen LogP contribution in [-0.4, -0.2) is 18.8 Å². The number of halogens is 2. The summed E-state index contributed by atoms with van der Waals surface area (Å²) in [5.74, 6) is -0.355. The first kappa shape index (κ1) is 12.3. The Balaban J connectivity index is 3.11. The number of aromatic hydroxyl groups is 1. The summed E-state index contributed by atoms with van der Waals surface area (Å²) in [5.41, 5.74) is 5.78. The highest BCUT2D eigenvalue weighted by Gasteiger charge is 2.15. The largest absolute Gasteiger partial charge is 0.503 e. The van der Waals surface area contributed by atoms with Crippen molar-refractivity contribution in [1.82, 2.24) is 0 Å². The zero-order valence-electron chi connectivity index (χ0n) is 8.39. The van der Waals surface area contributed by atoms with Gasteiger partial charge in [-0.05, 0) is 35.3 Å². The first-order chi connectivity index (χ1) is 7.11. The Morgan fingerprint density at radius 1 is 1.60 bits per heavy atom. The van der Waals surface area contributed by atoms with E-state index in [1.165, 1.54) is 13.2 Å². The molecule has 5 heteroatoms. The smallest absolute Gasteiger partial charge is 0.172 e. The van der Waals surface area contributed by atoms with Crippen molar-refractivity contribution in [3.8, 4) is 11.5 Å². The van der Waals surface area contributed by atoms with E-state index in [-0.39, 0.29) is 11.5 Å². The van der Waals surface area contributed by atoms with E-state index < -0.39 is 5.82 Å². The SMILES string of the molecule is COc1cc(F)c(CCCN)c(Br)c1O. The molecule has 1 aromatic rings. The molecule has 0 aliphatic rings. The number of benzene rings is 1. The van der Waals surface area contributed by atoms with Crippen molar-refractivity contribution in [2.75, 3.05) is 13.7 Å². The first-order valence-electron chi connectivity index (χ1n) is 4.55. The number of rotatable bonds is 4. The molecule has 1 aromatic carbocycles. The van der Waals surface area contributed by atoms with Gasteiger partial charge in [-0.1, -0.05) is 0 Å². The van der Waals surface area contributed by atoms with Gasteiger partial charge in [0.25, 0.3) is 0 Å². The Morgan fingerprint density at radius 2 is 2.27 bits per heavy atom. The molecule has 0 aromatic heterocycles. The van der Waals surface area contributed by atoms with E-state index in [0.29, 0.717) is 29.4 Å². The Hall–Kier alpha value is -0.810. The molecule has 0 heterocycles. The molecular weight excluding hydrogens is 265 g/mol. The van der Waals surface area contributed by atoms with Gasteiger partial charge in [0, 0.05) is 11.6 Å². The van der Waals surface area contributed by atoms with Crippen LogP contribution in [0.4, 0.5) is 4.39 Å². The number of phenols is 1. The second-order valence-electron chi connectivity index (χ2n) is 3.09. The van der Waals surface area contributed by atoms with Gasteiger partial charge in [-0.15, -0.1) is 0 Å². The highest BCUT2D eigenvalue weighted by Crippen LogP contribution is 2.38. The molecule has 0 saturated carbocycles. The van der Waals surface area contributed by atoms with Crippen LogP contribution in [0.25, 0.3) is 0 Å². The maximum atomic E-state index is 13.5. The van der Waals surface area contributed by atoms with Crippen LogP contribution in [0.5, 0.6) is 11.5 Å². The normalized spacial score (nSPS) is 10.4. The van der Waals surface area contributed by atoms with E-state index in [9.17, 15) is 9.50 Å². The zero-order chi connectivity index (χ0) is 11.4. The molecule has 0 amide bonds. The minimum absolute atomic E-state index is 0.0779. The van der Waals surface area contributed by atoms with Crippen molar-refractivity contribution < 1.29 is 14.2 Å². The van der Waals surface area contributed by atoms with Crippen molar-refractivity contribution in [2.45, 2.75) is 12.8 Å². The maximum absolute atomic E-state index is 13.5. The molecule has 15 heavy (non-hydrogen) atoms. The molecule has 0 spiro atoms. The van der Waals surface area contributed by atoms with Gasteiger partial charge in [0.05, 0.1) is 11.6 Å². The van der Waals surface area contributed by atoms with Crippen LogP contribution in [0.1, 0.15) is 12.0 Å². The highest BCUT2D eigenvalue weighted by atomic mass is 79.9. The Bertz CT molecular complexity index is 358. The average molecular weight is 278 g/mol. The van der Waals surface area contributed by atoms with Gasteiger partial charge in [-0.3, -0.25) is 0 Å². The van der Waals surface area contributed by atoms with Gasteiger partial charge in [-0.2, -0.15) is 0 Å². The third-order valence-electron chi connectivity index (χ3n) is 2.10. The lowest BCUT2D eigenvalue weighted by molar-refractivity contribution is 0.367. The standard InChI is InChI=1S/C10H13BrFNO2/c1-15-8-5-7(12)6(3-2-4-13)9(11)10(8)14/h5,14H,2-4,13H2,1H3. The van der Waals surface area contributed by atoms with E-state index in [0.717, 1.165) is 0 Å². The molecule has 0 aliphatic heterocycles. The van der Waals surface area contributed by atoms with Gasteiger partial charge < -0.3 is 15.6 Å². The fourth-order valence-corrected chi connectivity index (χ4v) is 1.87. The Kier molecular flexibility index (Phi) is 4.35. The number of hydrogen-bond acceptors (Lipinski definition) is 3. The predicted octanol–water partition coefficient (Wildman–Crippen LogP) is 2.19. The summed E-state index contributed by atoms with van der Waals surface area (Å²) >= 11 is 3.14. The van der Waals surface area contributed by atoms with Gasteiger partial charge in [-0.25, -0.2) is 4.39 Å². The van der Waals surface area contributed by atoms with Gasteiger partial charge >= 0.3 is 0 Å². The third-order valence-corrected chi connectivity index (χ3v) is 2.96. The topological polar surface area (TPSA) is 55.5 Å². The van der Waals surface area contributed by atoms with Crippen molar-refractivity contribution in [2.24, 2.45) is 5.73 Å². The number of methoxy groups -OCH3 is 1. The van der Waals surface area contributed by atoms with Crippen LogP contribution < -0.4 is 10.5 Å². The summed E-state index contributed by atoms with van der Waals surface area (Å²) in [6.45, 7) is 0.485. The molecular formula is C10H13BrFNO2. The van der Waals surface area contributed by atoms with Crippen molar-refractivity contribution in [1.29, 1.82) is 0 Å². The summed E-state index contributed by atoms with van der Waals surface area (Å²) in [4.78, 5) is 0. The Morgan fingerprint density at radius 3 is 2.80 bits per heavy atom. The van der Waals surface area contributed by atoms with E-state index in [1.54, 1.807) is 0 Å². The number of ether oxygens (including phenoxy) is 1. The van der Waals surface area contributed by atoms with Crippen LogP contribution in [0, 0.1) is 5.82 Å². The van der Waals surface area contributed by atoms with E-state index in [4.69, 9.17) is 10.5 Å². The lowest BCUT2D eigenvalue weighted by Gasteiger charge is -2.10. The van der Waals surface area contributed by atoms with E-state index >= 15 is 0 Å². The Labute approximate surface area is 96.2 Å². The summed E-state index contributed by atoms with van der Waals surface area (Å²) in [6, 6.07) is 1.17. The molecule has 0 saturated heterocycles. The van der Waals surface area contributed by atoms with Crippen LogP contribution in [0.15, 0.2) is 10.5 Å². The first-order valence-corrected chi connectivity index (χ1v) is 5.35. The van der Waals surface area contributed by atoms with Crippen LogP contribution >= 0.6 is 15.9 Å². The molecule has 0 aliphatic carbocycles. The van der Waals surface area contributed by atoms with Gasteiger partial charge in [0.1, 0.15) is 5.82 Å². The van der Waals surface area contributed by atoms with Crippen molar-refractivity contribution in [3.63, 3.8) is 0 Å². The second kappa shape index (κ2) is 5.32. The number of phenolic OH excluding ortho intramolecular Hbond substituents is 1. The summed E-state index contributed by atoms with van der Waals surface area (Å²) in [6.07, 6.45) is 1.15. The van der Waals surface area contributed by atoms with Crippen LogP contribution in [0.3, 0.4) is 0 Å². The number of hydrogen-bond donors (Lipinski definition) is 2. The van der Waals surface area contributed by atoms with Crippen LogP contribution in [-0.2, 0) is 6.42 Å². The van der Waals surface area contributed by atoms with E-state index in [1.807, 2.05) is 0 Å². The maximum Gasteiger partial charge on any atom is 0.172 e. The molecule has 0 fully saturated rings. The molecule has 0 atom stereocenters. The van der Waals surface area contributed by atoms with Gasteiger partial charge in [0.15, 0.2) is 11.5 Å². The van der Waals surface area contributed by atoms with Crippen LogP contribution in [0.2, 0.25) is 0 Å². The molecule has 84 valence electrons. The number of nitrogens with two attached hydrogens (primary N) is 1. The fraction of sp³-hybridized carbons (Fsp3) is 0.400. The second-order valence-corrected chi connectivity index (χ2v) is 3.89. The lowest BCUT2D eigenvalue weighted by Crippen LogP contribution is -2.03. The summed E-state index contributed by atoms with van der Waals surface area (Å²) in [7, 11) is 1.38. The quantitative estimate of drug-likeness (QED) is 0.887. The van der Waals surface area contributed by atoms with Crippen molar-refractivity contribution >= 4 is 15.9 Å². The minimum atomic E-state index is -0.398. The third kappa shape index (κ3) is 2.60. The monoisotopic (exact) mass is 277 g/mol. The minimum Gasteiger partial charge on any atom is -0.503 e. The summed E-state index contributed by atoms with van der Waals surface area (Å²) in [5, 5.41) is 9.63. The fourth-order valence-electron chi connectivity index (χ4n) is 1.29. The molecule has 3 nitrogen and oxygen atoms in total. The average Bonchev–Trinajstić information content (AvgIpc) is 2.23. The molecule has 1 rings (SSSR count). The van der Waals surface area contributed by atoms with Gasteiger partial charge in [0.2, 0.25) is 0 Å². The molecule has 0 radical (unpaired) electrons. The highest BCUT2D eigenvalue weighted by molar-refractivity contribution is 9.10. The molecule has 3 N–H and O–H groups in total. The van der Waals surface area contributed by atoms with E-state index in [2.05, 4.69) is 15.9 Å².